The zero-order valence-electron chi connectivity index (χ0n) is 8.49. The van der Waals surface area contributed by atoms with Crippen molar-refractivity contribution in [1.29, 1.82) is 0 Å². The molecule has 0 atom stereocenters. The lowest BCUT2D eigenvalue weighted by atomic mass is 10.0. The molecule has 3 N–H and O–H groups in total. The second-order valence-electron chi connectivity index (χ2n) is 3.34. The summed E-state index contributed by atoms with van der Waals surface area (Å²) in [6.45, 7) is 1.93. The number of aromatic amines is 1. The summed E-state index contributed by atoms with van der Waals surface area (Å²) >= 11 is 3.37. The van der Waals surface area contributed by atoms with Crippen molar-refractivity contribution in [2.45, 2.75) is 6.92 Å². The van der Waals surface area contributed by atoms with Crippen molar-refractivity contribution in [3.63, 3.8) is 0 Å². The van der Waals surface area contributed by atoms with Crippen molar-refractivity contribution in [1.82, 2.24) is 15.4 Å². The standard InChI is InChI=1S/C10H9BrN4O/c1-5-4-6(11)2-3-7(5)8-9(10(12)16)14-15-13-8/h2-4H,1H3,(H2,12,16)(H,13,14,15). The van der Waals surface area contributed by atoms with Gasteiger partial charge in [-0.3, -0.25) is 4.79 Å². The van der Waals surface area contributed by atoms with Gasteiger partial charge in [-0.05, 0) is 24.6 Å². The maximum Gasteiger partial charge on any atom is 0.271 e. The highest BCUT2D eigenvalue weighted by Crippen LogP contribution is 2.25. The number of amides is 1. The molecule has 2 rings (SSSR count). The van der Waals surface area contributed by atoms with E-state index in [0.717, 1.165) is 15.6 Å². The summed E-state index contributed by atoms with van der Waals surface area (Å²) < 4.78 is 0.970. The first kappa shape index (κ1) is 10.8. The number of halogens is 1. The Labute approximate surface area is 100 Å². The first-order chi connectivity index (χ1) is 7.59. The van der Waals surface area contributed by atoms with Crippen LogP contribution in [0, 0.1) is 6.92 Å². The van der Waals surface area contributed by atoms with Crippen LogP contribution < -0.4 is 5.73 Å². The number of carbonyl (C=O) groups is 1. The highest BCUT2D eigenvalue weighted by molar-refractivity contribution is 9.10. The molecule has 0 spiro atoms. The number of aryl methyl sites for hydroxylation is 1. The average molecular weight is 281 g/mol. The third kappa shape index (κ3) is 1.83. The zero-order valence-corrected chi connectivity index (χ0v) is 10.1. The SMILES string of the molecule is Cc1cc(Br)ccc1-c1n[nH]nc1C(N)=O. The van der Waals surface area contributed by atoms with Crippen molar-refractivity contribution in [2.75, 3.05) is 0 Å². The van der Waals surface area contributed by atoms with E-state index in [4.69, 9.17) is 5.73 Å². The molecule has 2 aromatic rings. The lowest BCUT2D eigenvalue weighted by Crippen LogP contribution is -2.12. The summed E-state index contributed by atoms with van der Waals surface area (Å²) in [6, 6.07) is 5.68. The Balaban J connectivity index is 2.59. The van der Waals surface area contributed by atoms with E-state index in [1.165, 1.54) is 0 Å². The molecular weight excluding hydrogens is 272 g/mol. The van der Waals surface area contributed by atoms with E-state index >= 15 is 0 Å². The van der Waals surface area contributed by atoms with Gasteiger partial charge in [-0.25, -0.2) is 0 Å². The number of nitrogens with two attached hydrogens (primary N) is 1. The molecule has 0 unspecified atom stereocenters. The van der Waals surface area contributed by atoms with Gasteiger partial charge in [0.2, 0.25) is 0 Å². The van der Waals surface area contributed by atoms with Crippen molar-refractivity contribution < 1.29 is 4.79 Å². The molecule has 0 aliphatic heterocycles. The molecule has 6 heteroatoms. The van der Waals surface area contributed by atoms with Crippen molar-refractivity contribution in [2.24, 2.45) is 5.73 Å². The predicted molar refractivity (Wildman–Crippen MR) is 62.8 cm³/mol. The van der Waals surface area contributed by atoms with Crippen LogP contribution in [0.2, 0.25) is 0 Å². The number of nitrogens with zero attached hydrogens (tertiary/aromatic N) is 2. The summed E-state index contributed by atoms with van der Waals surface area (Å²) in [4.78, 5) is 11.1. The van der Waals surface area contributed by atoms with Crippen LogP contribution in [-0.4, -0.2) is 21.3 Å². The van der Waals surface area contributed by atoms with E-state index < -0.39 is 5.91 Å². The van der Waals surface area contributed by atoms with Gasteiger partial charge in [-0.2, -0.15) is 15.4 Å². The van der Waals surface area contributed by atoms with Crippen molar-refractivity contribution in [3.8, 4) is 11.3 Å². The number of nitrogens with one attached hydrogen (secondary N) is 1. The van der Waals surface area contributed by atoms with Crippen LogP contribution in [0.4, 0.5) is 0 Å². The van der Waals surface area contributed by atoms with Crippen LogP contribution in [0.15, 0.2) is 22.7 Å². The molecular formula is C10H9BrN4O. The van der Waals surface area contributed by atoms with Crippen LogP contribution >= 0.6 is 15.9 Å². The van der Waals surface area contributed by atoms with Gasteiger partial charge in [0, 0.05) is 10.0 Å². The molecule has 0 bridgehead atoms. The number of benzene rings is 1. The summed E-state index contributed by atoms with van der Waals surface area (Å²) in [5, 5.41) is 10.1. The Morgan fingerprint density at radius 1 is 1.44 bits per heavy atom. The quantitative estimate of drug-likeness (QED) is 0.877. The largest absolute Gasteiger partial charge is 0.364 e. The average Bonchev–Trinajstić information content (AvgIpc) is 2.66. The van der Waals surface area contributed by atoms with Gasteiger partial charge in [-0.15, -0.1) is 0 Å². The van der Waals surface area contributed by atoms with Gasteiger partial charge in [0.1, 0.15) is 5.69 Å². The molecule has 0 aliphatic carbocycles. The first-order valence-electron chi connectivity index (χ1n) is 4.56. The third-order valence-electron chi connectivity index (χ3n) is 2.22. The second-order valence-corrected chi connectivity index (χ2v) is 4.26. The molecule has 5 nitrogen and oxygen atoms in total. The van der Waals surface area contributed by atoms with Crippen LogP contribution in [0.25, 0.3) is 11.3 Å². The molecule has 0 radical (unpaired) electrons. The van der Waals surface area contributed by atoms with E-state index in [2.05, 4.69) is 31.3 Å². The minimum atomic E-state index is -0.592. The Hall–Kier alpha value is -1.69. The lowest BCUT2D eigenvalue weighted by Gasteiger charge is -2.03. The second kappa shape index (κ2) is 4.05. The van der Waals surface area contributed by atoms with Gasteiger partial charge in [0.05, 0.1) is 0 Å². The van der Waals surface area contributed by atoms with Crippen molar-refractivity contribution in [3.05, 3.63) is 33.9 Å². The highest BCUT2D eigenvalue weighted by Gasteiger charge is 2.16. The molecule has 0 aliphatic rings. The monoisotopic (exact) mass is 280 g/mol. The van der Waals surface area contributed by atoms with Gasteiger partial charge >= 0.3 is 0 Å². The number of carbonyl (C=O) groups excluding carboxylic acids is 1. The van der Waals surface area contributed by atoms with Gasteiger partial charge in [-0.1, -0.05) is 22.0 Å². The number of hydrogen-bond donors (Lipinski definition) is 2. The van der Waals surface area contributed by atoms with Crippen LogP contribution in [-0.2, 0) is 0 Å². The molecule has 1 amide bonds. The molecule has 16 heavy (non-hydrogen) atoms. The smallest absolute Gasteiger partial charge is 0.271 e. The number of hydrogen-bond acceptors (Lipinski definition) is 3. The van der Waals surface area contributed by atoms with Crippen LogP contribution in [0.1, 0.15) is 16.1 Å². The van der Waals surface area contributed by atoms with E-state index in [-0.39, 0.29) is 5.69 Å². The normalized spacial score (nSPS) is 10.4. The Bertz CT molecular complexity index is 550. The van der Waals surface area contributed by atoms with E-state index in [1.54, 1.807) is 0 Å². The van der Waals surface area contributed by atoms with Gasteiger partial charge in [0.15, 0.2) is 5.69 Å². The minimum absolute atomic E-state index is 0.158. The summed E-state index contributed by atoms with van der Waals surface area (Å²) in [6.07, 6.45) is 0. The number of rotatable bonds is 2. The summed E-state index contributed by atoms with van der Waals surface area (Å²) in [7, 11) is 0. The van der Waals surface area contributed by atoms with E-state index in [9.17, 15) is 4.79 Å². The maximum atomic E-state index is 11.1. The fraction of sp³-hybridized carbons (Fsp3) is 0.100. The van der Waals surface area contributed by atoms with Gasteiger partial charge in [0.25, 0.3) is 5.91 Å². The lowest BCUT2D eigenvalue weighted by molar-refractivity contribution is 0.0996. The first-order valence-corrected chi connectivity index (χ1v) is 5.36. The maximum absolute atomic E-state index is 11.1. The molecule has 0 saturated heterocycles. The molecule has 1 heterocycles. The Morgan fingerprint density at radius 3 is 2.81 bits per heavy atom. The summed E-state index contributed by atoms with van der Waals surface area (Å²) in [5.41, 5.74) is 7.68. The molecule has 0 saturated carbocycles. The predicted octanol–water partition coefficient (Wildman–Crippen LogP) is 1.64. The summed E-state index contributed by atoms with van der Waals surface area (Å²) in [5.74, 6) is -0.592. The fourth-order valence-electron chi connectivity index (χ4n) is 1.48. The van der Waals surface area contributed by atoms with Crippen molar-refractivity contribution >= 4 is 21.8 Å². The van der Waals surface area contributed by atoms with Crippen LogP contribution in [0.3, 0.4) is 0 Å². The number of H-pyrrole nitrogens is 1. The molecule has 1 aromatic heterocycles. The molecule has 82 valence electrons. The topological polar surface area (TPSA) is 84.7 Å². The van der Waals surface area contributed by atoms with E-state index in [0.29, 0.717) is 5.69 Å². The zero-order chi connectivity index (χ0) is 11.7. The highest BCUT2D eigenvalue weighted by atomic mass is 79.9. The minimum Gasteiger partial charge on any atom is -0.364 e. The number of aromatic nitrogens is 3. The van der Waals surface area contributed by atoms with E-state index in [1.807, 2.05) is 25.1 Å². The fourth-order valence-corrected chi connectivity index (χ4v) is 1.96. The number of primary amides is 1. The Kier molecular flexibility index (Phi) is 2.74. The molecule has 1 aromatic carbocycles. The van der Waals surface area contributed by atoms with Gasteiger partial charge < -0.3 is 5.73 Å². The third-order valence-corrected chi connectivity index (χ3v) is 2.72. The van der Waals surface area contributed by atoms with Crippen LogP contribution in [0.5, 0.6) is 0 Å². The Morgan fingerprint density at radius 2 is 2.19 bits per heavy atom. The molecule has 0 fully saturated rings.